The number of aromatic nitrogens is 1. The van der Waals surface area contributed by atoms with Crippen molar-refractivity contribution in [3.05, 3.63) is 29.6 Å². The number of fused-ring (bicyclic) bond motifs is 3. The van der Waals surface area contributed by atoms with Crippen molar-refractivity contribution in [1.29, 1.82) is 0 Å². The molecule has 3 aliphatic rings. The van der Waals surface area contributed by atoms with Crippen LogP contribution in [0, 0.1) is 17.8 Å². The van der Waals surface area contributed by atoms with E-state index in [9.17, 15) is 0 Å². The van der Waals surface area contributed by atoms with Crippen molar-refractivity contribution < 1.29 is 0 Å². The molecule has 2 nitrogen and oxygen atoms in total. The predicted molar refractivity (Wildman–Crippen MR) is 86.3 cm³/mol. The van der Waals surface area contributed by atoms with E-state index < -0.39 is 0 Å². The lowest BCUT2D eigenvalue weighted by Crippen LogP contribution is -2.44. The molecule has 21 heavy (non-hydrogen) atoms. The number of aryl methyl sites for hydroxylation is 1. The highest BCUT2D eigenvalue weighted by Gasteiger charge is 2.45. The molecule has 1 heterocycles. The highest BCUT2D eigenvalue weighted by Crippen LogP contribution is 2.52. The lowest BCUT2D eigenvalue weighted by molar-refractivity contribution is 0.211. The number of nitrogens with zero attached hydrogens (tertiary/aromatic N) is 1. The number of likely N-dealkylation sites (N-methyl/N-ethyl adjacent to an activating group) is 1. The van der Waals surface area contributed by atoms with Crippen molar-refractivity contribution in [2.75, 3.05) is 6.54 Å². The van der Waals surface area contributed by atoms with Crippen molar-refractivity contribution in [3.8, 4) is 0 Å². The molecule has 2 bridgehead atoms. The van der Waals surface area contributed by atoms with Crippen LogP contribution in [0.3, 0.4) is 0 Å². The first-order chi connectivity index (χ1) is 10.4. The van der Waals surface area contributed by atoms with Gasteiger partial charge >= 0.3 is 0 Å². The summed E-state index contributed by atoms with van der Waals surface area (Å²) in [6.07, 6.45) is 11.9. The van der Waals surface area contributed by atoms with Gasteiger partial charge in [0.05, 0.1) is 0 Å². The molecule has 1 aromatic rings. The number of nitrogens with one attached hydrogen (secondary N) is 1. The van der Waals surface area contributed by atoms with Crippen LogP contribution in [0.5, 0.6) is 0 Å². The largest absolute Gasteiger partial charge is 0.313 e. The smallest absolute Gasteiger partial charge is 0.0482 e. The van der Waals surface area contributed by atoms with E-state index in [1.54, 1.807) is 0 Å². The van der Waals surface area contributed by atoms with Crippen LogP contribution in [0.2, 0.25) is 0 Å². The van der Waals surface area contributed by atoms with E-state index in [1.807, 2.05) is 6.20 Å². The summed E-state index contributed by atoms with van der Waals surface area (Å²) in [5.41, 5.74) is 2.93. The van der Waals surface area contributed by atoms with Gasteiger partial charge in [-0.1, -0.05) is 19.4 Å². The summed E-state index contributed by atoms with van der Waals surface area (Å²) in [7, 11) is 0. The van der Waals surface area contributed by atoms with E-state index >= 15 is 0 Å². The molecule has 0 aromatic carbocycles. The van der Waals surface area contributed by atoms with E-state index in [0.29, 0.717) is 12.0 Å². The molecule has 0 radical (unpaired) electrons. The fourth-order valence-corrected chi connectivity index (χ4v) is 5.56. The molecular formula is C19H28N2. The summed E-state index contributed by atoms with van der Waals surface area (Å²) in [5.74, 6) is 3.59. The first-order valence-electron chi connectivity index (χ1n) is 9.04. The quantitative estimate of drug-likeness (QED) is 0.906. The van der Waals surface area contributed by atoms with Gasteiger partial charge in [-0.25, -0.2) is 0 Å². The van der Waals surface area contributed by atoms with Gasteiger partial charge in [-0.3, -0.25) is 4.98 Å². The van der Waals surface area contributed by atoms with Crippen LogP contribution >= 0.6 is 0 Å². The molecule has 4 rings (SSSR count). The van der Waals surface area contributed by atoms with Crippen molar-refractivity contribution in [2.24, 2.45) is 17.8 Å². The third-order valence-electron chi connectivity index (χ3n) is 6.37. The average Bonchev–Trinajstić information content (AvgIpc) is 3.15. The molecule has 0 amide bonds. The summed E-state index contributed by atoms with van der Waals surface area (Å²) in [5, 5.41) is 3.88. The Balaban J connectivity index is 1.62. The van der Waals surface area contributed by atoms with E-state index in [1.165, 1.54) is 56.2 Å². The number of hydrogen-bond donors (Lipinski definition) is 1. The zero-order valence-corrected chi connectivity index (χ0v) is 13.2. The molecule has 3 aliphatic carbocycles. The van der Waals surface area contributed by atoms with Crippen LogP contribution in [0.1, 0.15) is 62.6 Å². The third kappa shape index (κ3) is 2.42. The molecule has 0 spiro atoms. The topological polar surface area (TPSA) is 24.9 Å². The van der Waals surface area contributed by atoms with E-state index in [4.69, 9.17) is 4.98 Å². The second-order valence-electron chi connectivity index (χ2n) is 7.47. The van der Waals surface area contributed by atoms with E-state index in [2.05, 4.69) is 24.4 Å². The van der Waals surface area contributed by atoms with Crippen molar-refractivity contribution >= 4 is 0 Å². The Labute approximate surface area is 128 Å². The molecule has 1 aromatic heterocycles. The van der Waals surface area contributed by atoms with Gasteiger partial charge in [0.15, 0.2) is 0 Å². The van der Waals surface area contributed by atoms with Gasteiger partial charge in [0.25, 0.3) is 0 Å². The first kappa shape index (κ1) is 13.8. The zero-order valence-electron chi connectivity index (χ0n) is 13.2. The summed E-state index contributed by atoms with van der Waals surface area (Å²) in [6.45, 7) is 3.36. The minimum Gasteiger partial charge on any atom is -0.313 e. The van der Waals surface area contributed by atoms with Crippen molar-refractivity contribution in [3.63, 3.8) is 0 Å². The summed E-state index contributed by atoms with van der Waals surface area (Å²) in [4.78, 5) is 4.80. The lowest BCUT2D eigenvalue weighted by Gasteiger charge is -2.39. The molecule has 5 unspecified atom stereocenters. The zero-order chi connectivity index (χ0) is 14.2. The van der Waals surface area contributed by atoms with E-state index in [-0.39, 0.29) is 0 Å². The van der Waals surface area contributed by atoms with Crippen LogP contribution in [-0.4, -0.2) is 17.6 Å². The highest BCUT2D eigenvalue weighted by molar-refractivity contribution is 5.28. The average molecular weight is 284 g/mol. The molecular weight excluding hydrogens is 256 g/mol. The normalized spacial score (nSPS) is 35.7. The maximum atomic E-state index is 4.80. The molecule has 2 fully saturated rings. The maximum Gasteiger partial charge on any atom is 0.0482 e. The summed E-state index contributed by atoms with van der Waals surface area (Å²) in [6, 6.07) is 5.08. The molecule has 2 saturated carbocycles. The van der Waals surface area contributed by atoms with Crippen molar-refractivity contribution in [2.45, 2.75) is 63.8 Å². The van der Waals surface area contributed by atoms with Crippen molar-refractivity contribution in [1.82, 2.24) is 10.3 Å². The van der Waals surface area contributed by atoms with Crippen LogP contribution in [-0.2, 0) is 6.42 Å². The maximum absolute atomic E-state index is 4.80. The van der Waals surface area contributed by atoms with E-state index in [0.717, 1.165) is 24.3 Å². The lowest BCUT2D eigenvalue weighted by atomic mass is 9.72. The number of pyridine rings is 1. The number of hydrogen-bond acceptors (Lipinski definition) is 2. The molecule has 5 atom stereocenters. The molecule has 1 N–H and O–H groups in total. The van der Waals surface area contributed by atoms with Crippen LogP contribution < -0.4 is 5.32 Å². The molecule has 2 heteroatoms. The van der Waals surface area contributed by atoms with Gasteiger partial charge in [-0.15, -0.1) is 0 Å². The van der Waals surface area contributed by atoms with Gasteiger partial charge in [0, 0.05) is 23.9 Å². The fraction of sp³-hybridized carbons (Fsp3) is 0.737. The predicted octanol–water partition coefficient (Wildman–Crippen LogP) is 3.92. The second kappa shape index (κ2) is 5.72. The Morgan fingerprint density at radius 1 is 1.29 bits per heavy atom. The third-order valence-corrected chi connectivity index (χ3v) is 6.37. The van der Waals surface area contributed by atoms with Gasteiger partial charge in [-0.2, -0.15) is 0 Å². The molecule has 0 aliphatic heterocycles. The minimum absolute atomic E-state index is 0.652. The van der Waals surface area contributed by atoms with Gasteiger partial charge in [-0.05, 0) is 74.5 Å². The fourth-order valence-electron chi connectivity index (χ4n) is 5.56. The standard InChI is InChI=1S/C19H28N2/c1-2-20-19(17-12-13-8-9-15(17)11-13)16-7-3-5-14-6-4-10-21-18(14)16/h4,6,10,13,15-17,19-20H,2-3,5,7-9,11-12H2,1H3. The highest BCUT2D eigenvalue weighted by atomic mass is 14.9. The monoisotopic (exact) mass is 284 g/mol. The Kier molecular flexibility index (Phi) is 3.74. The van der Waals surface area contributed by atoms with Gasteiger partial charge < -0.3 is 5.32 Å². The Bertz CT molecular complexity index is 498. The van der Waals surface area contributed by atoms with Gasteiger partial charge in [0.2, 0.25) is 0 Å². The van der Waals surface area contributed by atoms with Crippen LogP contribution in [0.25, 0.3) is 0 Å². The summed E-state index contributed by atoms with van der Waals surface area (Å²) >= 11 is 0. The number of rotatable bonds is 4. The van der Waals surface area contributed by atoms with Crippen LogP contribution in [0.15, 0.2) is 18.3 Å². The molecule has 114 valence electrons. The van der Waals surface area contributed by atoms with Gasteiger partial charge in [0.1, 0.15) is 0 Å². The minimum atomic E-state index is 0.652. The Morgan fingerprint density at radius 2 is 2.24 bits per heavy atom. The first-order valence-corrected chi connectivity index (χ1v) is 9.04. The second-order valence-corrected chi connectivity index (χ2v) is 7.47. The van der Waals surface area contributed by atoms with Crippen LogP contribution in [0.4, 0.5) is 0 Å². The SMILES string of the molecule is CCNC(C1CCCc2cccnc21)C1CC2CCC1C2. The summed E-state index contributed by atoms with van der Waals surface area (Å²) < 4.78 is 0. The molecule has 0 saturated heterocycles. The Hall–Kier alpha value is -0.890. The Morgan fingerprint density at radius 3 is 3.00 bits per heavy atom.